The third-order valence-corrected chi connectivity index (χ3v) is 7.36. The molecule has 2 aromatic heterocycles. The Hall–Kier alpha value is -3.27. The fraction of sp³-hybridized carbons (Fsp3) is 0.500. The van der Waals surface area contributed by atoms with E-state index in [9.17, 15) is 18.7 Å². The first kappa shape index (κ1) is 27.8. The zero-order valence-electron chi connectivity index (χ0n) is 22.6. The number of fused-ring (bicyclic) bond motifs is 1. The molecule has 0 spiro atoms. The Balaban J connectivity index is 1.70. The van der Waals surface area contributed by atoms with Gasteiger partial charge in [0, 0.05) is 31.3 Å². The van der Waals surface area contributed by atoms with Gasteiger partial charge in [0.25, 0.3) is 0 Å². The van der Waals surface area contributed by atoms with E-state index in [-0.39, 0.29) is 17.4 Å². The van der Waals surface area contributed by atoms with Gasteiger partial charge >= 0.3 is 5.92 Å². The summed E-state index contributed by atoms with van der Waals surface area (Å²) in [6.45, 7) is 10.1. The van der Waals surface area contributed by atoms with Crippen molar-refractivity contribution in [1.82, 2.24) is 19.9 Å². The molecule has 1 amide bonds. The molecule has 4 rings (SSSR count). The number of alkyl halides is 2. The number of anilines is 1. The van der Waals surface area contributed by atoms with Crippen LogP contribution in [0.15, 0.2) is 24.3 Å². The number of rotatable bonds is 6. The summed E-state index contributed by atoms with van der Waals surface area (Å²) in [6, 6.07) is 5.04. The van der Waals surface area contributed by atoms with Gasteiger partial charge in [-0.2, -0.15) is 8.78 Å². The van der Waals surface area contributed by atoms with E-state index < -0.39 is 28.9 Å². The molecule has 0 aliphatic carbocycles. The highest BCUT2D eigenvalue weighted by atomic mass is 19.3. The fourth-order valence-electron chi connectivity index (χ4n) is 5.04. The number of hydrogen-bond donors (Lipinski definition) is 2. The Morgan fingerprint density at radius 3 is 2.42 bits per heavy atom. The standard InChI is InChI=1S/C28H34F3N5O2/c1-15(20-8-7-9-23(24(20)29)28(30,31)27(5,6)38)32-25-22-14-21(16(2)33-26(22)35-17(3)34-25)19-10-12-36(13-11-19)18(4)37/h7-9,14-15,19,38H,10-13H2,1-6H3,(H,32,33,34,35)/t15-/m1/s1. The molecule has 0 unspecified atom stereocenters. The minimum absolute atomic E-state index is 0.0211. The third kappa shape index (κ3) is 5.18. The summed E-state index contributed by atoms with van der Waals surface area (Å²) >= 11 is 0. The Kier molecular flexibility index (Phi) is 7.40. The minimum atomic E-state index is -3.79. The molecule has 3 heterocycles. The van der Waals surface area contributed by atoms with Gasteiger partial charge < -0.3 is 15.3 Å². The number of hydrogen-bond acceptors (Lipinski definition) is 6. The number of carbonyl (C=O) groups is 1. The van der Waals surface area contributed by atoms with E-state index in [1.165, 1.54) is 12.1 Å². The van der Waals surface area contributed by atoms with Crippen molar-refractivity contribution in [1.29, 1.82) is 0 Å². The first-order chi connectivity index (χ1) is 17.7. The Morgan fingerprint density at radius 1 is 1.16 bits per heavy atom. The van der Waals surface area contributed by atoms with E-state index in [1.54, 1.807) is 20.8 Å². The highest BCUT2D eigenvalue weighted by molar-refractivity contribution is 5.87. The summed E-state index contributed by atoms with van der Waals surface area (Å²) in [7, 11) is 0. The average Bonchev–Trinajstić information content (AvgIpc) is 2.82. The number of amides is 1. The topological polar surface area (TPSA) is 91.2 Å². The van der Waals surface area contributed by atoms with Crippen LogP contribution < -0.4 is 5.32 Å². The van der Waals surface area contributed by atoms with Crippen LogP contribution in [0.4, 0.5) is 19.0 Å². The zero-order chi connectivity index (χ0) is 28.0. The van der Waals surface area contributed by atoms with Gasteiger partial charge in [-0.25, -0.2) is 19.3 Å². The maximum atomic E-state index is 15.4. The van der Waals surface area contributed by atoms with E-state index >= 15 is 4.39 Å². The van der Waals surface area contributed by atoms with Gasteiger partial charge in [0.15, 0.2) is 5.65 Å². The molecule has 10 heteroatoms. The van der Waals surface area contributed by atoms with Gasteiger partial charge in [-0.3, -0.25) is 4.79 Å². The molecule has 2 N–H and O–H groups in total. The summed E-state index contributed by atoms with van der Waals surface area (Å²) in [5.41, 5.74) is -0.907. The maximum Gasteiger partial charge on any atom is 0.303 e. The highest BCUT2D eigenvalue weighted by Crippen LogP contribution is 2.41. The van der Waals surface area contributed by atoms with Crippen molar-refractivity contribution in [3.63, 3.8) is 0 Å². The quantitative estimate of drug-likeness (QED) is 0.436. The lowest BCUT2D eigenvalue weighted by Gasteiger charge is -2.32. The second kappa shape index (κ2) is 10.1. The van der Waals surface area contributed by atoms with Crippen molar-refractivity contribution in [2.24, 2.45) is 0 Å². The second-order valence-corrected chi connectivity index (χ2v) is 10.6. The summed E-state index contributed by atoms with van der Waals surface area (Å²) in [5, 5.41) is 13.8. The highest BCUT2D eigenvalue weighted by Gasteiger charge is 2.49. The Labute approximate surface area is 220 Å². The molecule has 204 valence electrons. The number of piperidine rings is 1. The number of nitrogens with zero attached hydrogens (tertiary/aromatic N) is 4. The van der Waals surface area contributed by atoms with Crippen molar-refractivity contribution < 1.29 is 23.1 Å². The second-order valence-electron chi connectivity index (χ2n) is 10.6. The average molecular weight is 530 g/mol. The van der Waals surface area contributed by atoms with Gasteiger partial charge in [-0.05, 0) is 71.1 Å². The molecule has 0 bridgehead atoms. The summed E-state index contributed by atoms with van der Waals surface area (Å²) < 4.78 is 45.0. The molecule has 1 atom stereocenters. The van der Waals surface area contributed by atoms with E-state index in [0.717, 1.165) is 44.0 Å². The molecular weight excluding hydrogens is 495 g/mol. The molecule has 0 radical (unpaired) electrons. The van der Waals surface area contributed by atoms with E-state index in [2.05, 4.69) is 15.3 Å². The minimum Gasteiger partial charge on any atom is -0.384 e. The largest absolute Gasteiger partial charge is 0.384 e. The maximum absolute atomic E-state index is 15.4. The summed E-state index contributed by atoms with van der Waals surface area (Å²) in [6.07, 6.45) is 1.62. The lowest BCUT2D eigenvalue weighted by Crippen LogP contribution is -2.41. The van der Waals surface area contributed by atoms with Crippen LogP contribution in [0.1, 0.15) is 80.7 Å². The molecule has 38 heavy (non-hydrogen) atoms. The lowest BCUT2D eigenvalue weighted by molar-refractivity contribution is -0.170. The van der Waals surface area contributed by atoms with Crippen molar-refractivity contribution in [2.75, 3.05) is 18.4 Å². The van der Waals surface area contributed by atoms with Crippen LogP contribution in [0.3, 0.4) is 0 Å². The molecule has 0 saturated carbocycles. The van der Waals surface area contributed by atoms with E-state index in [4.69, 9.17) is 4.98 Å². The van der Waals surface area contributed by atoms with Crippen LogP contribution in [0.5, 0.6) is 0 Å². The molecule has 7 nitrogen and oxygen atoms in total. The smallest absolute Gasteiger partial charge is 0.303 e. The number of benzene rings is 1. The lowest BCUT2D eigenvalue weighted by atomic mass is 9.88. The fourth-order valence-corrected chi connectivity index (χ4v) is 5.04. The number of aromatic nitrogens is 3. The zero-order valence-corrected chi connectivity index (χ0v) is 22.6. The first-order valence-corrected chi connectivity index (χ1v) is 12.8. The van der Waals surface area contributed by atoms with Crippen molar-refractivity contribution in [2.45, 2.75) is 77.9 Å². The van der Waals surface area contributed by atoms with Crippen LogP contribution in [0.25, 0.3) is 11.0 Å². The predicted molar refractivity (Wildman–Crippen MR) is 140 cm³/mol. The van der Waals surface area contributed by atoms with Crippen LogP contribution in [-0.4, -0.2) is 49.6 Å². The molecule has 1 saturated heterocycles. The molecule has 1 aliphatic heterocycles. The molecule has 1 fully saturated rings. The number of halogens is 3. The normalized spacial score (nSPS) is 16.1. The van der Waals surface area contributed by atoms with Crippen molar-refractivity contribution in [3.8, 4) is 0 Å². The number of aryl methyl sites for hydroxylation is 2. The van der Waals surface area contributed by atoms with Gasteiger partial charge in [-0.15, -0.1) is 0 Å². The number of pyridine rings is 1. The predicted octanol–water partition coefficient (Wildman–Crippen LogP) is 5.54. The number of carbonyl (C=O) groups excluding carboxylic acids is 1. The van der Waals surface area contributed by atoms with Crippen LogP contribution in [0.2, 0.25) is 0 Å². The van der Waals surface area contributed by atoms with Crippen LogP contribution in [0, 0.1) is 19.7 Å². The molecule has 1 aromatic carbocycles. The number of likely N-dealkylation sites (tertiary alicyclic amines) is 1. The van der Waals surface area contributed by atoms with Crippen LogP contribution >= 0.6 is 0 Å². The van der Waals surface area contributed by atoms with Crippen molar-refractivity contribution >= 4 is 22.8 Å². The van der Waals surface area contributed by atoms with E-state index in [1.807, 2.05) is 17.9 Å². The van der Waals surface area contributed by atoms with E-state index in [0.29, 0.717) is 35.8 Å². The molecular formula is C28H34F3N5O2. The van der Waals surface area contributed by atoms with Gasteiger partial charge in [0.2, 0.25) is 5.91 Å². The first-order valence-electron chi connectivity index (χ1n) is 12.8. The van der Waals surface area contributed by atoms with Gasteiger partial charge in [-0.1, -0.05) is 12.1 Å². The number of aliphatic hydroxyl groups is 1. The monoisotopic (exact) mass is 529 g/mol. The molecule has 1 aliphatic rings. The Bertz CT molecular complexity index is 1360. The third-order valence-electron chi connectivity index (χ3n) is 7.36. The summed E-state index contributed by atoms with van der Waals surface area (Å²) in [5.74, 6) is -3.70. The van der Waals surface area contributed by atoms with Crippen LogP contribution in [-0.2, 0) is 10.7 Å². The van der Waals surface area contributed by atoms with Gasteiger partial charge in [0.1, 0.15) is 23.1 Å². The SMILES string of the molecule is CC(=O)N1CCC(c2cc3c(N[C@H](C)c4cccc(C(F)(F)C(C)(C)O)c4F)nc(C)nc3nc2C)CC1. The van der Waals surface area contributed by atoms with Crippen molar-refractivity contribution in [3.05, 3.63) is 58.3 Å². The summed E-state index contributed by atoms with van der Waals surface area (Å²) in [4.78, 5) is 27.3. The number of nitrogens with one attached hydrogen (secondary N) is 1. The van der Waals surface area contributed by atoms with Gasteiger partial charge in [0.05, 0.1) is 17.0 Å². The Morgan fingerprint density at radius 2 is 1.82 bits per heavy atom. The molecule has 3 aromatic rings.